The third kappa shape index (κ3) is 6.38. The van der Waals surface area contributed by atoms with Crippen LogP contribution in [-0.4, -0.2) is 13.0 Å². The highest BCUT2D eigenvalue weighted by molar-refractivity contribution is 7.97. The van der Waals surface area contributed by atoms with Crippen molar-refractivity contribution in [2.24, 2.45) is 0 Å². The molecule has 0 atom stereocenters. The van der Waals surface area contributed by atoms with Gasteiger partial charge < -0.3 is 10.1 Å². The van der Waals surface area contributed by atoms with Crippen LogP contribution in [0.5, 0.6) is 11.5 Å². The standard InChI is InChI=1S/C27H22ClFN2O2S/c1-30-34-24-11-8-18(9-12-24)14-27(32)31-22-10-13-25(19-4-2-6-21(29)15-19)26(17-22)33-23-7-3-5-20(28)16-23/h2-13,15-17,30H,14H2,1H3,(H,31,32). The summed E-state index contributed by atoms with van der Waals surface area (Å²) in [6.45, 7) is 0. The zero-order valence-electron chi connectivity index (χ0n) is 18.3. The van der Waals surface area contributed by atoms with Crippen LogP contribution >= 0.6 is 23.5 Å². The molecule has 7 heteroatoms. The molecule has 4 aromatic carbocycles. The molecule has 0 bridgehead atoms. The van der Waals surface area contributed by atoms with Crippen molar-refractivity contribution in [3.05, 3.63) is 107 Å². The minimum atomic E-state index is -0.345. The van der Waals surface area contributed by atoms with Gasteiger partial charge in [-0.2, -0.15) is 0 Å². The van der Waals surface area contributed by atoms with Crippen molar-refractivity contribution in [1.82, 2.24) is 4.72 Å². The molecule has 172 valence electrons. The van der Waals surface area contributed by atoms with Crippen molar-refractivity contribution in [2.75, 3.05) is 12.4 Å². The van der Waals surface area contributed by atoms with Gasteiger partial charge in [0.15, 0.2) is 0 Å². The number of amides is 1. The Kier molecular flexibility index (Phi) is 7.85. The van der Waals surface area contributed by atoms with Gasteiger partial charge in [0.1, 0.15) is 17.3 Å². The maximum atomic E-state index is 13.9. The molecule has 4 nitrogen and oxygen atoms in total. The predicted molar refractivity (Wildman–Crippen MR) is 137 cm³/mol. The number of carbonyl (C=O) groups is 1. The molecule has 0 radical (unpaired) electrons. The Hall–Kier alpha value is -3.32. The normalized spacial score (nSPS) is 10.7. The predicted octanol–water partition coefficient (Wildman–Crippen LogP) is 7.35. The zero-order chi connectivity index (χ0) is 23.9. The molecular formula is C27H22ClFN2O2S. The number of halogens is 2. The molecule has 0 aliphatic rings. The molecule has 0 unspecified atom stereocenters. The summed E-state index contributed by atoms with van der Waals surface area (Å²) in [5.74, 6) is 0.510. The lowest BCUT2D eigenvalue weighted by Gasteiger charge is -2.14. The van der Waals surface area contributed by atoms with Crippen LogP contribution in [0.1, 0.15) is 5.56 Å². The van der Waals surface area contributed by atoms with E-state index in [4.69, 9.17) is 16.3 Å². The lowest BCUT2D eigenvalue weighted by atomic mass is 10.0. The number of hydrogen-bond acceptors (Lipinski definition) is 4. The first-order valence-electron chi connectivity index (χ1n) is 10.6. The van der Waals surface area contributed by atoms with E-state index in [1.807, 2.05) is 31.3 Å². The summed E-state index contributed by atoms with van der Waals surface area (Å²) < 4.78 is 23.0. The number of carbonyl (C=O) groups excluding carboxylic acids is 1. The third-order valence-electron chi connectivity index (χ3n) is 4.93. The Morgan fingerprint density at radius 3 is 2.50 bits per heavy atom. The van der Waals surface area contributed by atoms with Gasteiger partial charge in [0.25, 0.3) is 0 Å². The molecule has 34 heavy (non-hydrogen) atoms. The fourth-order valence-electron chi connectivity index (χ4n) is 3.42. The number of anilines is 1. The van der Waals surface area contributed by atoms with Gasteiger partial charge in [-0.1, -0.05) is 41.9 Å². The Bertz CT molecular complexity index is 1300. The Labute approximate surface area is 207 Å². The lowest BCUT2D eigenvalue weighted by molar-refractivity contribution is -0.115. The minimum Gasteiger partial charge on any atom is -0.457 e. The summed E-state index contributed by atoms with van der Waals surface area (Å²) in [5.41, 5.74) is 2.83. The van der Waals surface area contributed by atoms with E-state index in [1.54, 1.807) is 54.6 Å². The Morgan fingerprint density at radius 2 is 1.76 bits per heavy atom. The molecule has 0 aliphatic heterocycles. The highest BCUT2D eigenvalue weighted by Gasteiger charge is 2.12. The maximum absolute atomic E-state index is 13.9. The fourth-order valence-corrected chi connectivity index (χ4v) is 4.11. The summed E-state index contributed by atoms with van der Waals surface area (Å²) >= 11 is 7.61. The molecule has 0 saturated carbocycles. The van der Waals surface area contributed by atoms with Crippen LogP contribution in [0.25, 0.3) is 11.1 Å². The van der Waals surface area contributed by atoms with Gasteiger partial charge >= 0.3 is 0 Å². The summed E-state index contributed by atoms with van der Waals surface area (Å²) in [6, 6.07) is 26.4. The fraction of sp³-hybridized carbons (Fsp3) is 0.0741. The molecule has 0 spiro atoms. The number of nitrogens with one attached hydrogen (secondary N) is 2. The summed E-state index contributed by atoms with van der Waals surface area (Å²) in [5, 5.41) is 3.46. The molecule has 4 aromatic rings. The van der Waals surface area contributed by atoms with E-state index in [1.165, 1.54) is 24.1 Å². The minimum absolute atomic E-state index is 0.152. The van der Waals surface area contributed by atoms with Gasteiger partial charge in [0.05, 0.1) is 6.42 Å². The molecule has 0 aliphatic carbocycles. The number of rotatable bonds is 8. The molecule has 0 saturated heterocycles. The molecule has 0 heterocycles. The quantitative estimate of drug-likeness (QED) is 0.252. The highest BCUT2D eigenvalue weighted by atomic mass is 35.5. The lowest BCUT2D eigenvalue weighted by Crippen LogP contribution is -2.14. The van der Waals surface area contributed by atoms with Crippen molar-refractivity contribution in [3.63, 3.8) is 0 Å². The van der Waals surface area contributed by atoms with Gasteiger partial charge in [-0.3, -0.25) is 9.52 Å². The summed E-state index contributed by atoms with van der Waals surface area (Å²) in [7, 11) is 1.86. The molecule has 0 aromatic heterocycles. The van der Waals surface area contributed by atoms with E-state index in [2.05, 4.69) is 10.0 Å². The first-order chi connectivity index (χ1) is 16.5. The number of hydrogen-bond donors (Lipinski definition) is 2. The molecule has 4 rings (SSSR count). The molecular weight excluding hydrogens is 471 g/mol. The number of benzene rings is 4. The van der Waals surface area contributed by atoms with Gasteiger partial charge in [-0.15, -0.1) is 0 Å². The van der Waals surface area contributed by atoms with E-state index >= 15 is 0 Å². The summed E-state index contributed by atoms with van der Waals surface area (Å²) in [6.07, 6.45) is 0.237. The Balaban J connectivity index is 1.57. The second-order valence-corrected chi connectivity index (χ2v) is 8.98. The zero-order valence-corrected chi connectivity index (χ0v) is 19.9. The smallest absolute Gasteiger partial charge is 0.228 e. The van der Waals surface area contributed by atoms with Crippen LogP contribution in [0.4, 0.5) is 10.1 Å². The average Bonchev–Trinajstić information content (AvgIpc) is 2.81. The summed E-state index contributed by atoms with van der Waals surface area (Å²) in [4.78, 5) is 13.7. The van der Waals surface area contributed by atoms with Crippen molar-refractivity contribution in [2.45, 2.75) is 11.3 Å². The topological polar surface area (TPSA) is 50.4 Å². The van der Waals surface area contributed by atoms with Crippen LogP contribution in [0.3, 0.4) is 0 Å². The van der Waals surface area contributed by atoms with Crippen LogP contribution < -0.4 is 14.8 Å². The van der Waals surface area contributed by atoms with Gasteiger partial charge in [-0.25, -0.2) is 4.39 Å². The van der Waals surface area contributed by atoms with Gasteiger partial charge in [-0.05, 0) is 84.7 Å². The molecule has 1 amide bonds. The second kappa shape index (κ2) is 11.2. The SMILES string of the molecule is CNSc1ccc(CC(=O)Nc2ccc(-c3cccc(F)c3)c(Oc3cccc(Cl)c3)c2)cc1. The van der Waals surface area contributed by atoms with E-state index in [-0.39, 0.29) is 18.1 Å². The first-order valence-corrected chi connectivity index (χ1v) is 11.8. The van der Waals surface area contributed by atoms with Crippen molar-refractivity contribution in [3.8, 4) is 22.6 Å². The van der Waals surface area contributed by atoms with E-state index in [0.29, 0.717) is 33.3 Å². The van der Waals surface area contributed by atoms with Crippen molar-refractivity contribution in [1.29, 1.82) is 0 Å². The molecule has 2 N–H and O–H groups in total. The van der Waals surface area contributed by atoms with E-state index in [0.717, 1.165) is 10.5 Å². The van der Waals surface area contributed by atoms with Gasteiger partial charge in [0, 0.05) is 27.2 Å². The van der Waals surface area contributed by atoms with Crippen LogP contribution in [0.2, 0.25) is 5.02 Å². The van der Waals surface area contributed by atoms with Crippen LogP contribution in [-0.2, 0) is 11.2 Å². The second-order valence-electron chi connectivity index (χ2n) is 7.46. The van der Waals surface area contributed by atoms with Crippen LogP contribution in [0.15, 0.2) is 95.9 Å². The monoisotopic (exact) mass is 492 g/mol. The number of ether oxygens (including phenoxy) is 1. The molecule has 0 fully saturated rings. The third-order valence-corrected chi connectivity index (χ3v) is 5.88. The average molecular weight is 493 g/mol. The largest absolute Gasteiger partial charge is 0.457 e. The van der Waals surface area contributed by atoms with Crippen molar-refractivity contribution < 1.29 is 13.9 Å². The maximum Gasteiger partial charge on any atom is 0.228 e. The highest BCUT2D eigenvalue weighted by Crippen LogP contribution is 2.36. The van der Waals surface area contributed by atoms with E-state index in [9.17, 15) is 9.18 Å². The Morgan fingerprint density at radius 1 is 0.971 bits per heavy atom. The van der Waals surface area contributed by atoms with Crippen molar-refractivity contribution >= 4 is 35.1 Å². The van der Waals surface area contributed by atoms with E-state index < -0.39 is 0 Å². The first kappa shape index (κ1) is 23.8. The van der Waals surface area contributed by atoms with Gasteiger partial charge in [0.2, 0.25) is 5.91 Å². The van der Waals surface area contributed by atoms with Crippen LogP contribution in [0, 0.1) is 5.82 Å².